The Kier molecular flexibility index (Phi) is 7.74. The Labute approximate surface area is 194 Å². The van der Waals surface area contributed by atoms with Crippen molar-refractivity contribution in [2.75, 3.05) is 6.61 Å². The average Bonchev–Trinajstić information content (AvgIpc) is 3.12. The number of nitrogens with one attached hydrogen (secondary N) is 2. The molecule has 3 atom stereocenters. The summed E-state index contributed by atoms with van der Waals surface area (Å²) in [6.45, 7) is 7.33. The van der Waals surface area contributed by atoms with E-state index >= 15 is 0 Å². The molecule has 0 unspecified atom stereocenters. The summed E-state index contributed by atoms with van der Waals surface area (Å²) in [5.74, 6) is -2.21. The Morgan fingerprint density at radius 1 is 0.909 bits per heavy atom. The van der Waals surface area contributed by atoms with Gasteiger partial charge in [-0.2, -0.15) is 0 Å². The molecule has 0 fully saturated rings. The van der Waals surface area contributed by atoms with Crippen LogP contribution in [0.3, 0.4) is 0 Å². The van der Waals surface area contributed by atoms with Crippen molar-refractivity contribution in [3.63, 3.8) is 0 Å². The molecule has 0 radical (unpaired) electrons. The van der Waals surface area contributed by atoms with E-state index in [2.05, 4.69) is 22.8 Å². The Bertz CT molecular complexity index is 974. The normalized spacial score (nSPS) is 15.2. The molecule has 0 bridgehead atoms. The average molecular weight is 453 g/mol. The molecule has 2 aromatic rings. The first-order valence-corrected chi connectivity index (χ1v) is 11.4. The van der Waals surface area contributed by atoms with Gasteiger partial charge in [0.25, 0.3) is 0 Å². The molecule has 0 spiro atoms. The van der Waals surface area contributed by atoms with E-state index in [0.717, 1.165) is 22.3 Å². The summed E-state index contributed by atoms with van der Waals surface area (Å²) in [5.41, 5.74) is 4.46. The molecular weight excluding hydrogens is 420 g/mol. The van der Waals surface area contributed by atoms with Gasteiger partial charge in [0.2, 0.25) is 5.91 Å². The predicted octanol–water partition coefficient (Wildman–Crippen LogP) is 4.17. The van der Waals surface area contributed by atoms with E-state index in [1.54, 1.807) is 20.8 Å². The maximum Gasteiger partial charge on any atom is 0.407 e. The molecule has 3 rings (SSSR count). The van der Waals surface area contributed by atoms with Crippen LogP contribution in [0, 0.1) is 11.8 Å². The molecule has 7 nitrogen and oxygen atoms in total. The van der Waals surface area contributed by atoms with Crippen molar-refractivity contribution in [3.05, 3.63) is 59.7 Å². The fourth-order valence-corrected chi connectivity index (χ4v) is 4.23. The van der Waals surface area contributed by atoms with Gasteiger partial charge in [0.1, 0.15) is 18.7 Å². The molecule has 2 amide bonds. The number of carbonyl (C=O) groups is 3. The molecule has 1 aliphatic rings. The molecule has 0 heterocycles. The van der Waals surface area contributed by atoms with E-state index in [1.165, 1.54) is 0 Å². The third-order valence-corrected chi connectivity index (χ3v) is 6.34. The molecule has 7 heteroatoms. The van der Waals surface area contributed by atoms with Crippen LogP contribution < -0.4 is 10.6 Å². The van der Waals surface area contributed by atoms with Crippen LogP contribution in [0.4, 0.5) is 4.79 Å². The SMILES string of the molecule is CC[C@H](C)[C@H](NC(=O)[C@@H](NC(=O)OCC1c2ccccc2-c2ccccc21)C(C)C)C(=O)O. The Morgan fingerprint density at radius 2 is 1.45 bits per heavy atom. The molecule has 0 saturated heterocycles. The zero-order valence-corrected chi connectivity index (χ0v) is 19.5. The van der Waals surface area contributed by atoms with Gasteiger partial charge in [-0.3, -0.25) is 4.79 Å². The fourth-order valence-electron chi connectivity index (χ4n) is 4.23. The highest BCUT2D eigenvalue weighted by molar-refractivity contribution is 5.89. The highest BCUT2D eigenvalue weighted by Gasteiger charge is 2.32. The molecule has 33 heavy (non-hydrogen) atoms. The standard InChI is InChI=1S/C26H32N2O5/c1-5-16(4)23(25(30)31)27-24(29)22(15(2)3)28-26(32)33-14-21-19-12-8-6-10-17(19)18-11-7-9-13-20(18)21/h6-13,15-16,21-23H,5,14H2,1-4H3,(H,27,29)(H,28,32)(H,30,31)/t16-,22-,23-/m0/s1. The van der Waals surface area contributed by atoms with E-state index in [9.17, 15) is 19.5 Å². The number of amides is 2. The van der Waals surface area contributed by atoms with Crippen LogP contribution in [0.1, 0.15) is 51.2 Å². The lowest BCUT2D eigenvalue weighted by Gasteiger charge is -2.26. The molecule has 0 saturated carbocycles. The number of aliphatic carboxylic acids is 1. The van der Waals surface area contributed by atoms with Gasteiger partial charge < -0.3 is 20.5 Å². The predicted molar refractivity (Wildman–Crippen MR) is 126 cm³/mol. The first kappa shape index (κ1) is 24.3. The molecule has 0 aliphatic heterocycles. The van der Waals surface area contributed by atoms with Crippen LogP contribution in [-0.2, 0) is 14.3 Å². The number of carboxylic acids is 1. The van der Waals surface area contributed by atoms with Crippen LogP contribution in [0.15, 0.2) is 48.5 Å². The van der Waals surface area contributed by atoms with Crippen LogP contribution >= 0.6 is 0 Å². The van der Waals surface area contributed by atoms with E-state index in [1.807, 2.05) is 43.3 Å². The van der Waals surface area contributed by atoms with Crippen molar-refractivity contribution < 1.29 is 24.2 Å². The third kappa shape index (κ3) is 5.35. The van der Waals surface area contributed by atoms with Crippen molar-refractivity contribution in [2.24, 2.45) is 11.8 Å². The maximum absolute atomic E-state index is 12.8. The first-order chi connectivity index (χ1) is 15.7. The Balaban J connectivity index is 1.66. The van der Waals surface area contributed by atoms with Crippen molar-refractivity contribution in [1.82, 2.24) is 10.6 Å². The zero-order valence-electron chi connectivity index (χ0n) is 19.5. The summed E-state index contributed by atoms with van der Waals surface area (Å²) in [6.07, 6.45) is -0.107. The number of carboxylic acid groups (broad SMARTS) is 1. The number of alkyl carbamates (subject to hydrolysis) is 1. The number of ether oxygens (including phenoxy) is 1. The summed E-state index contributed by atoms with van der Waals surface area (Å²) in [5, 5.41) is 14.7. The molecule has 3 N–H and O–H groups in total. The second kappa shape index (κ2) is 10.5. The molecular formula is C26H32N2O5. The monoisotopic (exact) mass is 452 g/mol. The Morgan fingerprint density at radius 3 is 1.94 bits per heavy atom. The van der Waals surface area contributed by atoms with Gasteiger partial charge in [-0.1, -0.05) is 82.6 Å². The highest BCUT2D eigenvalue weighted by Crippen LogP contribution is 2.44. The molecule has 176 valence electrons. The number of hydrogen-bond acceptors (Lipinski definition) is 4. The van der Waals surface area contributed by atoms with E-state index < -0.39 is 30.1 Å². The van der Waals surface area contributed by atoms with Gasteiger partial charge in [0.05, 0.1) is 0 Å². The third-order valence-electron chi connectivity index (χ3n) is 6.34. The van der Waals surface area contributed by atoms with Crippen molar-refractivity contribution in [2.45, 2.75) is 52.1 Å². The summed E-state index contributed by atoms with van der Waals surface area (Å²) >= 11 is 0. The number of carbonyl (C=O) groups excluding carboxylic acids is 2. The summed E-state index contributed by atoms with van der Waals surface area (Å²) in [4.78, 5) is 37.0. The minimum Gasteiger partial charge on any atom is -0.480 e. The largest absolute Gasteiger partial charge is 0.480 e. The van der Waals surface area contributed by atoms with Crippen LogP contribution in [-0.4, -0.2) is 41.8 Å². The van der Waals surface area contributed by atoms with Crippen molar-refractivity contribution in [3.8, 4) is 11.1 Å². The zero-order chi connectivity index (χ0) is 24.1. The summed E-state index contributed by atoms with van der Waals surface area (Å²) < 4.78 is 5.55. The topological polar surface area (TPSA) is 105 Å². The van der Waals surface area contributed by atoms with E-state index in [-0.39, 0.29) is 24.4 Å². The second-order valence-electron chi connectivity index (χ2n) is 8.90. The first-order valence-electron chi connectivity index (χ1n) is 11.4. The minimum atomic E-state index is -1.10. The van der Waals surface area contributed by atoms with E-state index in [0.29, 0.717) is 6.42 Å². The summed E-state index contributed by atoms with van der Waals surface area (Å²) in [6, 6.07) is 14.2. The number of fused-ring (bicyclic) bond motifs is 3. The highest BCUT2D eigenvalue weighted by atomic mass is 16.5. The van der Waals surface area contributed by atoms with Crippen molar-refractivity contribution in [1.29, 1.82) is 0 Å². The molecule has 2 aromatic carbocycles. The minimum absolute atomic E-state index is 0.0868. The fraction of sp³-hybridized carbons (Fsp3) is 0.423. The van der Waals surface area contributed by atoms with Crippen LogP contribution in [0.5, 0.6) is 0 Å². The van der Waals surface area contributed by atoms with Gasteiger partial charge in [-0.05, 0) is 34.1 Å². The van der Waals surface area contributed by atoms with Gasteiger partial charge in [-0.15, -0.1) is 0 Å². The van der Waals surface area contributed by atoms with Gasteiger partial charge >= 0.3 is 12.1 Å². The molecule has 0 aromatic heterocycles. The van der Waals surface area contributed by atoms with Crippen molar-refractivity contribution >= 4 is 18.0 Å². The number of rotatable bonds is 9. The van der Waals surface area contributed by atoms with Gasteiger partial charge in [0, 0.05) is 5.92 Å². The number of hydrogen-bond donors (Lipinski definition) is 3. The quantitative estimate of drug-likeness (QED) is 0.530. The van der Waals surface area contributed by atoms with Crippen LogP contribution in [0.2, 0.25) is 0 Å². The smallest absolute Gasteiger partial charge is 0.407 e. The lowest BCUT2D eigenvalue weighted by molar-refractivity contribution is -0.143. The number of benzene rings is 2. The van der Waals surface area contributed by atoms with E-state index in [4.69, 9.17) is 4.74 Å². The lowest BCUT2D eigenvalue weighted by atomic mass is 9.97. The lowest BCUT2D eigenvalue weighted by Crippen LogP contribution is -2.55. The van der Waals surface area contributed by atoms with Gasteiger partial charge in [-0.25, -0.2) is 9.59 Å². The Hall–Kier alpha value is -3.35. The second-order valence-corrected chi connectivity index (χ2v) is 8.90. The molecule has 1 aliphatic carbocycles. The maximum atomic E-state index is 12.8. The summed E-state index contributed by atoms with van der Waals surface area (Å²) in [7, 11) is 0. The van der Waals surface area contributed by atoms with Crippen LogP contribution in [0.25, 0.3) is 11.1 Å². The van der Waals surface area contributed by atoms with Gasteiger partial charge in [0.15, 0.2) is 0 Å².